The van der Waals surface area contributed by atoms with Gasteiger partial charge in [0.1, 0.15) is 11.3 Å². The van der Waals surface area contributed by atoms with Crippen LogP contribution in [0.5, 0.6) is 0 Å². The van der Waals surface area contributed by atoms with E-state index in [1.54, 1.807) is 17.0 Å². The summed E-state index contributed by atoms with van der Waals surface area (Å²) in [5.41, 5.74) is 0.246. The molecule has 1 fully saturated rings. The third-order valence-electron chi connectivity index (χ3n) is 3.52. The number of hydrogen-bond donors (Lipinski definition) is 2. The molecule has 1 aliphatic heterocycles. The van der Waals surface area contributed by atoms with E-state index in [0.29, 0.717) is 29.3 Å². The molecule has 1 aromatic carbocycles. The molecular weight excluding hydrogens is 307 g/mol. The maximum Gasteiger partial charge on any atom is 0.321 e. The molecule has 1 unspecified atom stereocenters. The number of carbonyl (C=O) groups is 2. The zero-order valence-corrected chi connectivity index (χ0v) is 12.7. The number of anilines is 1. The molecule has 0 spiro atoms. The van der Waals surface area contributed by atoms with Gasteiger partial charge in [-0.15, -0.1) is 0 Å². The minimum Gasteiger partial charge on any atom is -0.341 e. The molecule has 6 nitrogen and oxygen atoms in total. The highest BCUT2D eigenvalue weighted by Gasteiger charge is 2.29. The molecule has 2 heterocycles. The highest BCUT2D eigenvalue weighted by Crippen LogP contribution is 2.27. The third kappa shape index (κ3) is 2.87. The first-order valence-corrected chi connectivity index (χ1v) is 7.79. The summed E-state index contributed by atoms with van der Waals surface area (Å²) in [5.74, 6) is -0.378. The van der Waals surface area contributed by atoms with E-state index in [0.717, 1.165) is 0 Å². The van der Waals surface area contributed by atoms with Gasteiger partial charge in [0.2, 0.25) is 5.91 Å². The van der Waals surface area contributed by atoms with Crippen molar-refractivity contribution in [1.82, 2.24) is 15.2 Å². The van der Waals surface area contributed by atoms with Crippen molar-refractivity contribution >= 4 is 38.6 Å². The topological polar surface area (TPSA) is 74.3 Å². The lowest BCUT2D eigenvalue weighted by molar-refractivity contribution is -0.127. The standard InChI is InChI=1S/C14H15FN4O2S/c1-2-19-7-8(6-11(19)20)16-13(21)18-14-17-12-9(15)4-3-5-10(12)22-14/h3-5,8H,2,6-7H2,1H3,(H2,16,17,18,21). The zero-order valence-electron chi connectivity index (χ0n) is 11.9. The smallest absolute Gasteiger partial charge is 0.321 e. The van der Waals surface area contributed by atoms with E-state index >= 15 is 0 Å². The Labute approximate surface area is 130 Å². The number of fused-ring (bicyclic) bond motifs is 1. The van der Waals surface area contributed by atoms with Crippen molar-refractivity contribution in [2.24, 2.45) is 0 Å². The van der Waals surface area contributed by atoms with Crippen LogP contribution in [0.3, 0.4) is 0 Å². The van der Waals surface area contributed by atoms with E-state index in [9.17, 15) is 14.0 Å². The molecule has 0 aliphatic carbocycles. The second kappa shape index (κ2) is 5.88. The Bertz CT molecular complexity index is 733. The number of likely N-dealkylation sites (N-methyl/N-ethyl adjacent to an activating group) is 1. The van der Waals surface area contributed by atoms with Gasteiger partial charge in [0, 0.05) is 19.5 Å². The quantitative estimate of drug-likeness (QED) is 0.909. The van der Waals surface area contributed by atoms with E-state index in [4.69, 9.17) is 0 Å². The van der Waals surface area contributed by atoms with Gasteiger partial charge in [-0.1, -0.05) is 17.4 Å². The Morgan fingerprint density at radius 3 is 3.05 bits per heavy atom. The average molecular weight is 322 g/mol. The Kier molecular flexibility index (Phi) is 3.93. The van der Waals surface area contributed by atoms with Gasteiger partial charge in [-0.3, -0.25) is 10.1 Å². The van der Waals surface area contributed by atoms with Gasteiger partial charge >= 0.3 is 6.03 Å². The lowest BCUT2D eigenvalue weighted by Crippen LogP contribution is -2.39. The van der Waals surface area contributed by atoms with Gasteiger partial charge in [0.25, 0.3) is 0 Å². The number of thiazole rings is 1. The summed E-state index contributed by atoms with van der Waals surface area (Å²) < 4.78 is 14.2. The second-order valence-corrected chi connectivity index (χ2v) is 6.07. The van der Waals surface area contributed by atoms with Crippen LogP contribution in [0.4, 0.5) is 14.3 Å². The molecule has 1 aliphatic rings. The molecule has 2 aromatic rings. The predicted molar refractivity (Wildman–Crippen MR) is 82.4 cm³/mol. The summed E-state index contributed by atoms with van der Waals surface area (Å²) in [6.07, 6.45) is 0.301. The SMILES string of the molecule is CCN1CC(NC(=O)Nc2nc3c(F)cccc3s2)CC1=O. The van der Waals surface area contributed by atoms with Crippen molar-refractivity contribution < 1.29 is 14.0 Å². The maximum absolute atomic E-state index is 13.6. The number of nitrogens with one attached hydrogen (secondary N) is 2. The second-order valence-electron chi connectivity index (χ2n) is 5.04. The fourth-order valence-corrected chi connectivity index (χ4v) is 3.34. The van der Waals surface area contributed by atoms with E-state index in [-0.39, 0.29) is 17.5 Å². The van der Waals surface area contributed by atoms with Crippen molar-refractivity contribution in [3.8, 4) is 0 Å². The minimum absolute atomic E-state index is 0.0369. The van der Waals surface area contributed by atoms with E-state index in [1.807, 2.05) is 6.92 Å². The minimum atomic E-state index is -0.435. The number of nitrogens with zero attached hydrogens (tertiary/aromatic N) is 2. The molecule has 1 atom stereocenters. The summed E-state index contributed by atoms with van der Waals surface area (Å²) in [7, 11) is 0. The van der Waals surface area contributed by atoms with Crippen LogP contribution in [0, 0.1) is 5.82 Å². The van der Waals surface area contributed by atoms with Gasteiger partial charge in [-0.05, 0) is 19.1 Å². The number of benzene rings is 1. The van der Waals surface area contributed by atoms with Gasteiger partial charge in [-0.25, -0.2) is 14.2 Å². The molecule has 0 bridgehead atoms. The number of rotatable bonds is 3. The third-order valence-corrected chi connectivity index (χ3v) is 4.46. The zero-order chi connectivity index (χ0) is 15.7. The normalized spacial score (nSPS) is 18.0. The van der Waals surface area contributed by atoms with Crippen LogP contribution in [-0.2, 0) is 4.79 Å². The predicted octanol–water partition coefficient (Wildman–Crippen LogP) is 2.18. The Balaban J connectivity index is 1.64. The van der Waals surface area contributed by atoms with Gasteiger partial charge in [0.05, 0.1) is 10.7 Å². The first-order valence-electron chi connectivity index (χ1n) is 6.97. The van der Waals surface area contributed by atoms with Crippen LogP contribution in [0.2, 0.25) is 0 Å². The monoisotopic (exact) mass is 322 g/mol. The number of halogens is 1. The molecule has 116 valence electrons. The summed E-state index contributed by atoms with van der Waals surface area (Å²) in [6.45, 7) is 3.04. The summed E-state index contributed by atoms with van der Waals surface area (Å²) in [6, 6.07) is 4.03. The fourth-order valence-electron chi connectivity index (χ4n) is 2.46. The summed E-state index contributed by atoms with van der Waals surface area (Å²) >= 11 is 1.20. The lowest BCUT2D eigenvalue weighted by atomic mass is 10.3. The Morgan fingerprint density at radius 2 is 2.36 bits per heavy atom. The summed E-state index contributed by atoms with van der Waals surface area (Å²) in [4.78, 5) is 29.3. The highest BCUT2D eigenvalue weighted by atomic mass is 32.1. The molecular formula is C14H15FN4O2S. The number of aromatic nitrogens is 1. The lowest BCUT2D eigenvalue weighted by Gasteiger charge is -2.14. The van der Waals surface area contributed by atoms with Crippen molar-refractivity contribution in [3.05, 3.63) is 24.0 Å². The van der Waals surface area contributed by atoms with Crippen LogP contribution in [0.15, 0.2) is 18.2 Å². The molecule has 22 heavy (non-hydrogen) atoms. The van der Waals surface area contributed by atoms with Crippen LogP contribution in [0.25, 0.3) is 10.2 Å². The van der Waals surface area contributed by atoms with Crippen LogP contribution < -0.4 is 10.6 Å². The number of carbonyl (C=O) groups excluding carboxylic acids is 2. The maximum atomic E-state index is 13.6. The van der Waals surface area contributed by atoms with E-state index < -0.39 is 11.8 Å². The Hall–Kier alpha value is -2.22. The van der Waals surface area contributed by atoms with Gasteiger partial charge in [0.15, 0.2) is 5.13 Å². The van der Waals surface area contributed by atoms with Crippen molar-refractivity contribution in [1.29, 1.82) is 0 Å². The average Bonchev–Trinajstić information content (AvgIpc) is 3.02. The van der Waals surface area contributed by atoms with Gasteiger partial charge in [-0.2, -0.15) is 0 Å². The molecule has 3 amide bonds. The number of hydrogen-bond acceptors (Lipinski definition) is 4. The van der Waals surface area contributed by atoms with E-state index in [1.165, 1.54) is 17.4 Å². The first kappa shape index (κ1) is 14.7. The van der Waals surface area contributed by atoms with Crippen LogP contribution in [0.1, 0.15) is 13.3 Å². The fraction of sp³-hybridized carbons (Fsp3) is 0.357. The summed E-state index contributed by atoms with van der Waals surface area (Å²) in [5, 5.41) is 5.66. The largest absolute Gasteiger partial charge is 0.341 e. The highest BCUT2D eigenvalue weighted by molar-refractivity contribution is 7.22. The van der Waals surface area contributed by atoms with Crippen molar-refractivity contribution in [2.75, 3.05) is 18.4 Å². The molecule has 1 aromatic heterocycles. The molecule has 2 N–H and O–H groups in total. The number of amides is 3. The number of likely N-dealkylation sites (tertiary alicyclic amines) is 1. The van der Waals surface area contributed by atoms with Crippen LogP contribution in [-0.4, -0.2) is 41.0 Å². The first-order chi connectivity index (χ1) is 10.6. The number of urea groups is 1. The molecule has 0 saturated carbocycles. The van der Waals surface area contributed by atoms with Crippen LogP contribution >= 0.6 is 11.3 Å². The Morgan fingerprint density at radius 1 is 1.55 bits per heavy atom. The van der Waals surface area contributed by atoms with E-state index in [2.05, 4.69) is 15.6 Å². The molecule has 8 heteroatoms. The molecule has 3 rings (SSSR count). The molecule has 1 saturated heterocycles. The van der Waals surface area contributed by atoms with Gasteiger partial charge < -0.3 is 10.2 Å². The number of para-hydroxylation sites is 1. The molecule has 0 radical (unpaired) electrons. The van der Waals surface area contributed by atoms with Crippen molar-refractivity contribution in [3.63, 3.8) is 0 Å². The van der Waals surface area contributed by atoms with Crippen molar-refractivity contribution in [2.45, 2.75) is 19.4 Å².